The monoisotopic (exact) mass is 808 g/mol. The van der Waals surface area contributed by atoms with E-state index in [1.54, 1.807) is 28.7 Å². The number of hydrogen-bond acceptors (Lipinski definition) is 9. The standard InChI is InChI=1S/C43H53FN8O5Si/c1-27-39(58(2,3)44)38(19-22-51-25-36(49-50-51)32(26-53)29-9-5-4-6-10-29)57-43(27)33-23-31(48-41(55)35-12-8-21-46-35)17-18-37(33)52(42(43)56)24-28-13-15-30(16-14-28)47-40(54)34-11-7-20-45-34/h4-6,9-10,13-18,23,25,27,32,34-35,38-39,45-46,53H,7-8,11-12,19-22,24,26H2,1-3H3,(H,47,54)(H,48,55)/t27-,32?,34+,35+,38+,39-,43+/m0/s1. The fourth-order valence-electron chi connectivity index (χ4n) is 9.60. The van der Waals surface area contributed by atoms with Gasteiger partial charge in [-0.15, -0.1) is 5.10 Å². The van der Waals surface area contributed by atoms with E-state index in [0.29, 0.717) is 41.3 Å². The minimum Gasteiger partial charge on any atom is -0.395 e. The van der Waals surface area contributed by atoms with Gasteiger partial charge in [-0.2, -0.15) is 0 Å². The van der Waals surface area contributed by atoms with Gasteiger partial charge in [-0.3, -0.25) is 19.1 Å². The van der Waals surface area contributed by atoms with E-state index in [-0.39, 0.29) is 48.9 Å². The van der Waals surface area contributed by atoms with Crippen molar-refractivity contribution in [1.29, 1.82) is 0 Å². The van der Waals surface area contributed by atoms with Crippen LogP contribution in [-0.2, 0) is 37.8 Å². The second kappa shape index (κ2) is 16.5. The number of ether oxygens (including phenoxy) is 1. The van der Waals surface area contributed by atoms with E-state index < -0.39 is 31.6 Å². The maximum absolute atomic E-state index is 16.7. The maximum Gasteiger partial charge on any atom is 0.264 e. The highest BCUT2D eigenvalue weighted by Gasteiger charge is 2.66. The van der Waals surface area contributed by atoms with Crippen molar-refractivity contribution in [3.8, 4) is 0 Å². The summed E-state index contributed by atoms with van der Waals surface area (Å²) in [4.78, 5) is 42.8. The molecule has 3 fully saturated rings. The Balaban J connectivity index is 1.08. The normalized spacial score (nSPS) is 26.0. The zero-order chi connectivity index (χ0) is 40.6. The average molecular weight is 809 g/mol. The van der Waals surface area contributed by atoms with Crippen molar-refractivity contribution in [3.05, 3.63) is 101 Å². The van der Waals surface area contributed by atoms with Gasteiger partial charge in [-0.25, -0.2) is 0 Å². The molecular weight excluding hydrogens is 756 g/mol. The number of anilines is 3. The molecule has 3 amide bonds. The third-order valence-corrected chi connectivity index (χ3v) is 14.9. The van der Waals surface area contributed by atoms with E-state index in [1.165, 1.54) is 0 Å². The van der Waals surface area contributed by atoms with Crippen LogP contribution in [0.25, 0.3) is 0 Å². The van der Waals surface area contributed by atoms with Crippen molar-refractivity contribution in [2.75, 3.05) is 35.2 Å². The number of benzene rings is 3. The zero-order valence-corrected chi connectivity index (χ0v) is 34.3. The van der Waals surface area contributed by atoms with Gasteiger partial charge in [0.15, 0.2) is 5.60 Å². The molecule has 5 heterocycles. The average Bonchev–Trinajstić information content (AvgIpc) is 4.06. The summed E-state index contributed by atoms with van der Waals surface area (Å²) < 4.78 is 25.4. The van der Waals surface area contributed by atoms with Gasteiger partial charge in [0.25, 0.3) is 5.91 Å². The van der Waals surface area contributed by atoms with Crippen LogP contribution in [0.3, 0.4) is 0 Å². The van der Waals surface area contributed by atoms with Gasteiger partial charge in [-0.1, -0.05) is 54.6 Å². The van der Waals surface area contributed by atoms with Crippen molar-refractivity contribution in [3.63, 3.8) is 0 Å². The van der Waals surface area contributed by atoms with Gasteiger partial charge in [0, 0.05) is 41.1 Å². The number of fused-ring (bicyclic) bond motifs is 2. The van der Waals surface area contributed by atoms with Crippen LogP contribution < -0.4 is 26.2 Å². The molecule has 4 aliphatic rings. The third kappa shape index (κ3) is 7.73. The molecule has 0 bridgehead atoms. The molecule has 5 N–H and O–H groups in total. The van der Waals surface area contributed by atoms with E-state index in [0.717, 1.165) is 49.9 Å². The Morgan fingerprint density at radius 3 is 2.26 bits per heavy atom. The maximum atomic E-state index is 16.7. The Hall–Kier alpha value is -4.80. The first-order chi connectivity index (χ1) is 28.0. The van der Waals surface area contributed by atoms with Crippen LogP contribution in [0.5, 0.6) is 0 Å². The topological polar surface area (TPSA) is 163 Å². The number of carbonyl (C=O) groups excluding carboxylic acids is 3. The van der Waals surface area contributed by atoms with Gasteiger partial charge in [0.2, 0.25) is 20.2 Å². The first kappa shape index (κ1) is 40.0. The first-order valence-electron chi connectivity index (χ1n) is 20.5. The van der Waals surface area contributed by atoms with Crippen molar-refractivity contribution in [2.24, 2.45) is 5.92 Å². The molecule has 4 aliphatic heterocycles. The Labute approximate surface area is 339 Å². The molecule has 15 heteroatoms. The minimum atomic E-state index is -3.47. The lowest BCUT2D eigenvalue weighted by atomic mass is 9.82. The molecule has 0 aliphatic carbocycles. The highest BCUT2D eigenvalue weighted by molar-refractivity contribution is 6.72. The minimum absolute atomic E-state index is 0.0657. The number of aliphatic hydroxyl groups excluding tert-OH is 1. The Morgan fingerprint density at radius 2 is 1.64 bits per heavy atom. The SMILES string of the molecule is C[C@H]1[C@H]([Si](C)(C)F)[C@@H](CCn2cc(C(CO)c3ccccc3)nn2)O[C@]12C(=O)N(Cc1ccc(NC(=O)[C@H]3CCCN3)cc1)c1ccc(NC(=O)[C@H]3CCCN3)cc12. The summed E-state index contributed by atoms with van der Waals surface area (Å²) in [5.41, 5.74) is 2.82. The van der Waals surface area contributed by atoms with Gasteiger partial charge in [0.05, 0.1) is 48.6 Å². The Morgan fingerprint density at radius 1 is 0.983 bits per heavy atom. The largest absolute Gasteiger partial charge is 0.395 e. The summed E-state index contributed by atoms with van der Waals surface area (Å²) in [6, 6.07) is 22.1. The second-order valence-electron chi connectivity index (χ2n) is 16.7. The number of aromatic nitrogens is 3. The molecule has 3 saturated heterocycles. The van der Waals surface area contributed by atoms with Crippen molar-refractivity contribution >= 4 is 43.2 Å². The number of aliphatic hydroxyl groups is 1. The molecule has 0 saturated carbocycles. The quantitative estimate of drug-likeness (QED) is 0.0904. The van der Waals surface area contributed by atoms with Crippen LogP contribution in [-0.4, -0.2) is 84.1 Å². The second-order valence-corrected chi connectivity index (χ2v) is 20.5. The fourth-order valence-corrected chi connectivity index (χ4v) is 12.1. The van der Waals surface area contributed by atoms with Crippen LogP contribution in [0.15, 0.2) is 79.0 Å². The summed E-state index contributed by atoms with van der Waals surface area (Å²) in [5.74, 6) is -1.35. The number of rotatable bonds is 13. The lowest BCUT2D eigenvalue weighted by Gasteiger charge is -2.31. The molecule has 7 atom stereocenters. The molecule has 1 unspecified atom stereocenters. The van der Waals surface area contributed by atoms with E-state index >= 15 is 8.90 Å². The molecular formula is C43H53FN8O5Si. The number of amides is 3. The van der Waals surface area contributed by atoms with Crippen LogP contribution >= 0.6 is 0 Å². The summed E-state index contributed by atoms with van der Waals surface area (Å²) in [6.45, 7) is 7.34. The molecule has 58 heavy (non-hydrogen) atoms. The number of nitrogens with one attached hydrogen (secondary N) is 4. The fraction of sp³-hybridized carbons (Fsp3) is 0.465. The number of nitrogens with zero attached hydrogens (tertiary/aromatic N) is 4. The third-order valence-electron chi connectivity index (χ3n) is 12.5. The molecule has 13 nitrogen and oxygen atoms in total. The Bertz CT molecular complexity index is 2120. The highest BCUT2D eigenvalue weighted by Crippen LogP contribution is 2.60. The van der Waals surface area contributed by atoms with Crippen LogP contribution in [0.2, 0.25) is 18.6 Å². The van der Waals surface area contributed by atoms with Gasteiger partial charge in [0.1, 0.15) is 0 Å². The first-order valence-corrected chi connectivity index (χ1v) is 23.5. The van der Waals surface area contributed by atoms with Crippen molar-refractivity contribution in [1.82, 2.24) is 25.6 Å². The summed E-state index contributed by atoms with van der Waals surface area (Å²) in [7, 11) is -3.47. The van der Waals surface area contributed by atoms with E-state index in [1.807, 2.05) is 79.9 Å². The summed E-state index contributed by atoms with van der Waals surface area (Å²) >= 11 is 0. The lowest BCUT2D eigenvalue weighted by Crippen LogP contribution is -2.45. The molecule has 0 radical (unpaired) electrons. The number of carbonyl (C=O) groups is 3. The molecule has 1 spiro atoms. The van der Waals surface area contributed by atoms with E-state index in [9.17, 15) is 14.7 Å². The predicted octanol–water partition coefficient (Wildman–Crippen LogP) is 5.20. The number of hydrogen-bond donors (Lipinski definition) is 5. The summed E-state index contributed by atoms with van der Waals surface area (Å²) in [5, 5.41) is 31.5. The van der Waals surface area contributed by atoms with Crippen molar-refractivity contribution in [2.45, 2.75) is 100 Å². The molecule has 8 rings (SSSR count). The number of halogens is 1. The molecule has 1 aromatic heterocycles. The number of aryl methyl sites for hydroxylation is 1. The van der Waals surface area contributed by atoms with Crippen molar-refractivity contribution < 1.29 is 28.3 Å². The van der Waals surface area contributed by atoms with E-state index in [2.05, 4.69) is 31.6 Å². The molecule has 3 aromatic carbocycles. The molecule has 306 valence electrons. The molecule has 4 aromatic rings. The van der Waals surface area contributed by atoms with Gasteiger partial charge >= 0.3 is 0 Å². The smallest absolute Gasteiger partial charge is 0.264 e. The van der Waals surface area contributed by atoms with E-state index in [4.69, 9.17) is 4.74 Å². The lowest BCUT2D eigenvalue weighted by molar-refractivity contribution is -0.146. The van der Waals surface area contributed by atoms with Gasteiger partial charge in [-0.05, 0) is 99.7 Å². The van der Waals surface area contributed by atoms with Crippen LogP contribution in [0.4, 0.5) is 21.2 Å². The predicted molar refractivity (Wildman–Crippen MR) is 221 cm³/mol. The summed E-state index contributed by atoms with van der Waals surface area (Å²) in [6.07, 6.45) is 5.00. The van der Waals surface area contributed by atoms with Gasteiger partial charge < -0.3 is 40.1 Å². The van der Waals surface area contributed by atoms with Crippen LogP contribution in [0.1, 0.15) is 67.3 Å². The zero-order valence-electron chi connectivity index (χ0n) is 33.3. The van der Waals surface area contributed by atoms with Crippen LogP contribution in [0, 0.1) is 5.92 Å². The highest BCUT2D eigenvalue weighted by atomic mass is 28.4. The Kier molecular flexibility index (Phi) is 11.3.